The van der Waals surface area contributed by atoms with E-state index >= 15 is 0 Å². The molecule has 0 saturated carbocycles. The summed E-state index contributed by atoms with van der Waals surface area (Å²) < 4.78 is 32.1. The topological polar surface area (TPSA) is 68.3 Å². The van der Waals surface area contributed by atoms with Gasteiger partial charge in [0.2, 0.25) is 0 Å². The zero-order valence-electron chi connectivity index (χ0n) is 10.6. The van der Waals surface area contributed by atoms with Gasteiger partial charge < -0.3 is 4.74 Å². The third kappa shape index (κ3) is 2.85. The van der Waals surface area contributed by atoms with Crippen molar-refractivity contribution >= 4 is 15.7 Å². The monoisotopic (exact) mass is 278 g/mol. The Kier molecular flexibility index (Phi) is 3.71. The number of hydrogen-bond acceptors (Lipinski definition) is 4. The van der Waals surface area contributed by atoms with E-state index in [0.29, 0.717) is 17.0 Å². The Morgan fingerprint density at radius 2 is 1.89 bits per heavy atom. The van der Waals surface area contributed by atoms with Gasteiger partial charge in [-0.05, 0) is 30.7 Å². The number of aromatic nitrogens is 1. The second-order valence-electron chi connectivity index (χ2n) is 3.93. The fraction of sp³-hybridized carbons (Fsp3) is 0.154. The lowest BCUT2D eigenvalue weighted by atomic mass is 10.3. The van der Waals surface area contributed by atoms with Crippen LogP contribution in [0.15, 0.2) is 47.6 Å². The molecular formula is C13H14N2O3S. The Morgan fingerprint density at radius 1 is 1.16 bits per heavy atom. The highest BCUT2D eigenvalue weighted by atomic mass is 32.2. The molecule has 6 heteroatoms. The predicted molar refractivity (Wildman–Crippen MR) is 72.8 cm³/mol. The third-order valence-corrected chi connectivity index (χ3v) is 3.99. The number of nitrogens with one attached hydrogen (secondary N) is 1. The molecule has 1 heterocycles. The molecule has 0 aliphatic heterocycles. The molecule has 100 valence electrons. The lowest BCUT2D eigenvalue weighted by Crippen LogP contribution is -2.16. The number of hydrogen-bond donors (Lipinski definition) is 1. The second-order valence-corrected chi connectivity index (χ2v) is 5.53. The Morgan fingerprint density at radius 3 is 2.58 bits per heavy atom. The lowest BCUT2D eigenvalue weighted by Gasteiger charge is -2.12. The molecule has 0 aliphatic rings. The molecule has 0 amide bonds. The van der Waals surface area contributed by atoms with Crippen LogP contribution in [-0.4, -0.2) is 20.5 Å². The van der Waals surface area contributed by atoms with Gasteiger partial charge in [-0.3, -0.25) is 4.72 Å². The van der Waals surface area contributed by atoms with Gasteiger partial charge in [0.15, 0.2) is 5.03 Å². The summed E-state index contributed by atoms with van der Waals surface area (Å²) in [5.41, 5.74) is 0.972. The number of ether oxygens (including phenoxy) is 1. The van der Waals surface area contributed by atoms with Crippen molar-refractivity contribution in [3.05, 3.63) is 48.2 Å². The van der Waals surface area contributed by atoms with Gasteiger partial charge in [-0.1, -0.05) is 18.2 Å². The maximum Gasteiger partial charge on any atom is 0.279 e. The molecule has 0 atom stereocenters. The Labute approximate surface area is 112 Å². The van der Waals surface area contributed by atoms with Crippen LogP contribution in [0.3, 0.4) is 0 Å². The van der Waals surface area contributed by atoms with Crippen LogP contribution in [0.25, 0.3) is 0 Å². The first-order chi connectivity index (χ1) is 9.04. The normalized spacial score (nSPS) is 11.1. The van der Waals surface area contributed by atoms with Crippen molar-refractivity contribution in [2.45, 2.75) is 11.9 Å². The van der Waals surface area contributed by atoms with E-state index < -0.39 is 10.0 Å². The molecule has 0 aliphatic carbocycles. The van der Waals surface area contributed by atoms with E-state index in [4.69, 9.17) is 4.74 Å². The molecule has 2 rings (SSSR count). The van der Waals surface area contributed by atoms with Crippen molar-refractivity contribution in [2.75, 3.05) is 11.8 Å². The molecule has 1 N–H and O–H groups in total. The fourth-order valence-corrected chi connectivity index (χ4v) is 2.92. The summed E-state index contributed by atoms with van der Waals surface area (Å²) in [6.07, 6.45) is 1.45. The summed E-state index contributed by atoms with van der Waals surface area (Å²) in [7, 11) is -2.23. The fourth-order valence-electron chi connectivity index (χ4n) is 1.67. The second kappa shape index (κ2) is 5.27. The summed E-state index contributed by atoms with van der Waals surface area (Å²) >= 11 is 0. The van der Waals surface area contributed by atoms with Crippen LogP contribution in [-0.2, 0) is 10.0 Å². The van der Waals surface area contributed by atoms with E-state index in [1.54, 1.807) is 43.3 Å². The van der Waals surface area contributed by atoms with Crippen molar-refractivity contribution in [1.29, 1.82) is 0 Å². The van der Waals surface area contributed by atoms with Gasteiger partial charge in [0.1, 0.15) is 5.75 Å². The Bertz CT molecular complexity index is 684. The van der Waals surface area contributed by atoms with Gasteiger partial charge in [-0.2, -0.15) is 8.42 Å². The highest BCUT2D eigenvalue weighted by molar-refractivity contribution is 7.92. The largest absolute Gasteiger partial charge is 0.495 e. The number of para-hydroxylation sites is 2. The molecule has 2 aromatic rings. The van der Waals surface area contributed by atoms with E-state index in [9.17, 15) is 8.42 Å². The van der Waals surface area contributed by atoms with Crippen LogP contribution in [0.4, 0.5) is 5.69 Å². The minimum absolute atomic E-state index is 0.0147. The maximum absolute atomic E-state index is 12.3. The number of rotatable bonds is 4. The minimum Gasteiger partial charge on any atom is -0.495 e. The first-order valence-electron chi connectivity index (χ1n) is 5.62. The average Bonchev–Trinajstić information content (AvgIpc) is 2.39. The lowest BCUT2D eigenvalue weighted by molar-refractivity contribution is 0.417. The van der Waals surface area contributed by atoms with E-state index in [1.807, 2.05) is 0 Å². The van der Waals surface area contributed by atoms with Crippen molar-refractivity contribution in [1.82, 2.24) is 4.98 Å². The van der Waals surface area contributed by atoms with Crippen LogP contribution < -0.4 is 9.46 Å². The molecule has 19 heavy (non-hydrogen) atoms. The minimum atomic E-state index is -3.72. The van der Waals surface area contributed by atoms with Crippen LogP contribution in [0.1, 0.15) is 5.56 Å². The van der Waals surface area contributed by atoms with Gasteiger partial charge in [-0.15, -0.1) is 0 Å². The molecule has 0 radical (unpaired) electrons. The van der Waals surface area contributed by atoms with Gasteiger partial charge >= 0.3 is 0 Å². The number of pyridine rings is 1. The summed E-state index contributed by atoms with van der Waals surface area (Å²) in [6, 6.07) is 10.2. The summed E-state index contributed by atoms with van der Waals surface area (Å²) in [6.45, 7) is 1.70. The highest BCUT2D eigenvalue weighted by Gasteiger charge is 2.19. The quantitative estimate of drug-likeness (QED) is 0.931. The Hall–Kier alpha value is -2.08. The number of benzene rings is 1. The van der Waals surface area contributed by atoms with E-state index in [1.165, 1.54) is 13.3 Å². The first-order valence-corrected chi connectivity index (χ1v) is 7.10. The van der Waals surface area contributed by atoms with Gasteiger partial charge in [0.25, 0.3) is 10.0 Å². The molecule has 5 nitrogen and oxygen atoms in total. The molecule has 0 saturated heterocycles. The average molecular weight is 278 g/mol. The van der Waals surface area contributed by atoms with Crippen LogP contribution in [0.2, 0.25) is 0 Å². The molecule has 0 fully saturated rings. The highest BCUT2D eigenvalue weighted by Crippen LogP contribution is 2.26. The van der Waals surface area contributed by atoms with E-state index in [2.05, 4.69) is 9.71 Å². The van der Waals surface area contributed by atoms with Crippen molar-refractivity contribution in [3.63, 3.8) is 0 Å². The SMILES string of the molecule is COc1ccccc1NS(=O)(=O)c1ncccc1C. The van der Waals surface area contributed by atoms with Gasteiger partial charge in [0.05, 0.1) is 12.8 Å². The first kappa shape index (κ1) is 13.4. The molecule has 1 aromatic heterocycles. The van der Waals surface area contributed by atoms with Gasteiger partial charge in [0, 0.05) is 6.20 Å². The molecule has 0 unspecified atom stereocenters. The molecule has 0 bridgehead atoms. The van der Waals surface area contributed by atoms with Crippen molar-refractivity contribution < 1.29 is 13.2 Å². The van der Waals surface area contributed by atoms with Crippen LogP contribution in [0.5, 0.6) is 5.75 Å². The number of sulfonamides is 1. The maximum atomic E-state index is 12.3. The number of methoxy groups -OCH3 is 1. The van der Waals surface area contributed by atoms with Crippen LogP contribution >= 0.6 is 0 Å². The van der Waals surface area contributed by atoms with E-state index in [-0.39, 0.29) is 5.03 Å². The zero-order chi connectivity index (χ0) is 13.9. The number of aryl methyl sites for hydroxylation is 1. The molecular weight excluding hydrogens is 264 g/mol. The summed E-state index contributed by atoms with van der Waals surface area (Å²) in [5, 5.41) is 0.0147. The smallest absolute Gasteiger partial charge is 0.279 e. The van der Waals surface area contributed by atoms with E-state index in [0.717, 1.165) is 0 Å². The summed E-state index contributed by atoms with van der Waals surface area (Å²) in [5.74, 6) is 0.458. The van der Waals surface area contributed by atoms with Crippen LogP contribution in [0, 0.1) is 6.92 Å². The number of nitrogens with zero attached hydrogens (tertiary/aromatic N) is 1. The Balaban J connectivity index is 2.40. The summed E-state index contributed by atoms with van der Waals surface area (Å²) in [4.78, 5) is 3.91. The predicted octanol–water partition coefficient (Wildman–Crippen LogP) is 2.20. The van der Waals surface area contributed by atoms with Crippen molar-refractivity contribution in [3.8, 4) is 5.75 Å². The van der Waals surface area contributed by atoms with Crippen molar-refractivity contribution in [2.24, 2.45) is 0 Å². The van der Waals surface area contributed by atoms with Gasteiger partial charge in [-0.25, -0.2) is 4.98 Å². The standard InChI is InChI=1S/C13H14N2O3S/c1-10-6-5-9-14-13(10)19(16,17)15-11-7-3-4-8-12(11)18-2/h3-9,15H,1-2H3. The number of anilines is 1. The third-order valence-electron chi connectivity index (χ3n) is 2.57. The molecule has 0 spiro atoms. The molecule has 1 aromatic carbocycles. The zero-order valence-corrected chi connectivity index (χ0v) is 11.4.